The minimum absolute atomic E-state index is 0.190. The molecule has 0 aliphatic heterocycles. The Labute approximate surface area is 172 Å². The Morgan fingerprint density at radius 2 is 2.03 bits per heavy atom. The number of halogens is 2. The van der Waals surface area contributed by atoms with Crippen LogP contribution < -0.4 is 16.1 Å². The lowest BCUT2D eigenvalue weighted by atomic mass is 10.1. The summed E-state index contributed by atoms with van der Waals surface area (Å²) >= 11 is 6.26. The van der Waals surface area contributed by atoms with Gasteiger partial charge in [0.15, 0.2) is 0 Å². The molecule has 3 rings (SSSR count). The molecule has 0 saturated carbocycles. The fourth-order valence-corrected chi connectivity index (χ4v) is 2.88. The first-order valence-corrected chi connectivity index (χ1v) is 9.16. The van der Waals surface area contributed by atoms with E-state index in [0.717, 1.165) is 11.5 Å². The normalized spacial score (nSPS) is 10.7. The molecule has 3 N–H and O–H groups in total. The average molecular weight is 419 g/mol. The van der Waals surface area contributed by atoms with Crippen LogP contribution in [0, 0.1) is 12.7 Å². The smallest absolute Gasteiger partial charge is 0.276 e. The van der Waals surface area contributed by atoms with Crippen LogP contribution in [0.15, 0.2) is 36.5 Å². The Balaban J connectivity index is 1.91. The third kappa shape index (κ3) is 4.82. The molecule has 0 aliphatic carbocycles. The largest absolute Gasteiger partial charge is 0.353 e. The van der Waals surface area contributed by atoms with E-state index in [1.165, 1.54) is 31.5 Å². The van der Waals surface area contributed by atoms with Crippen molar-refractivity contribution in [2.45, 2.75) is 20.4 Å². The number of nitrogens with zero attached hydrogens (tertiary/aromatic N) is 3. The van der Waals surface area contributed by atoms with Crippen LogP contribution in [-0.2, 0) is 11.4 Å². The Morgan fingerprint density at radius 3 is 2.76 bits per heavy atom. The molecule has 0 radical (unpaired) electrons. The maximum absolute atomic E-state index is 13.8. The van der Waals surface area contributed by atoms with Gasteiger partial charge in [-0.25, -0.2) is 19.5 Å². The zero-order valence-electron chi connectivity index (χ0n) is 16.1. The maximum atomic E-state index is 13.8. The van der Waals surface area contributed by atoms with Gasteiger partial charge in [0.1, 0.15) is 17.5 Å². The van der Waals surface area contributed by atoms with Gasteiger partial charge in [0.05, 0.1) is 41.0 Å². The fraction of sp³-hybridized carbons (Fsp3) is 0.211. The molecule has 0 fully saturated rings. The fourth-order valence-electron chi connectivity index (χ4n) is 2.73. The number of amides is 1. The Morgan fingerprint density at radius 1 is 1.24 bits per heavy atom. The first-order valence-electron chi connectivity index (χ1n) is 8.78. The van der Waals surface area contributed by atoms with Gasteiger partial charge < -0.3 is 10.6 Å². The molecule has 2 heterocycles. The highest BCUT2D eigenvalue weighted by molar-refractivity contribution is 6.33. The molecule has 1 amide bonds. The van der Waals surface area contributed by atoms with Gasteiger partial charge in [-0.3, -0.25) is 9.63 Å². The van der Waals surface area contributed by atoms with Crippen LogP contribution in [0.25, 0.3) is 0 Å². The van der Waals surface area contributed by atoms with Crippen LogP contribution in [0.3, 0.4) is 0 Å². The van der Waals surface area contributed by atoms with Crippen LogP contribution in [0.2, 0.25) is 5.02 Å². The average Bonchev–Trinajstić information content (AvgIpc) is 3.04. The van der Waals surface area contributed by atoms with Gasteiger partial charge >= 0.3 is 0 Å². The zero-order chi connectivity index (χ0) is 21.0. The SMILES string of the molecule is CCn1nc(C)cc1Nc1cc(Nc2cc(F)ccc2C(=O)NOC)c(Cl)cn1. The van der Waals surface area contributed by atoms with Gasteiger partial charge in [-0.2, -0.15) is 5.10 Å². The van der Waals surface area contributed by atoms with E-state index < -0.39 is 11.7 Å². The Hall–Kier alpha value is -3.17. The second kappa shape index (κ2) is 8.89. The number of aromatic nitrogens is 3. The van der Waals surface area contributed by atoms with Crippen molar-refractivity contribution in [1.82, 2.24) is 20.2 Å². The van der Waals surface area contributed by atoms with Crippen molar-refractivity contribution in [2.75, 3.05) is 17.7 Å². The Kier molecular flexibility index (Phi) is 6.30. The van der Waals surface area contributed by atoms with E-state index in [4.69, 9.17) is 11.6 Å². The summed E-state index contributed by atoms with van der Waals surface area (Å²) in [5.74, 6) is 0.246. The number of rotatable bonds is 7. The molecule has 1 aromatic carbocycles. The van der Waals surface area contributed by atoms with E-state index in [1.54, 1.807) is 10.7 Å². The summed E-state index contributed by atoms with van der Waals surface area (Å²) in [4.78, 5) is 21.1. The molecule has 2 aromatic heterocycles. The summed E-state index contributed by atoms with van der Waals surface area (Å²) < 4.78 is 15.6. The molecular weight excluding hydrogens is 399 g/mol. The molecule has 10 heteroatoms. The van der Waals surface area contributed by atoms with Gasteiger partial charge in [-0.05, 0) is 32.0 Å². The molecule has 152 valence electrons. The van der Waals surface area contributed by atoms with Gasteiger partial charge in [0.2, 0.25) is 0 Å². The number of hydrogen-bond acceptors (Lipinski definition) is 6. The number of carbonyl (C=O) groups excluding carboxylic acids is 1. The number of hydrogen-bond donors (Lipinski definition) is 3. The molecule has 0 aliphatic rings. The third-order valence-corrected chi connectivity index (χ3v) is 4.30. The second-order valence-corrected chi connectivity index (χ2v) is 6.52. The zero-order valence-corrected chi connectivity index (χ0v) is 16.8. The lowest BCUT2D eigenvalue weighted by Gasteiger charge is -2.14. The number of hydroxylamine groups is 1. The minimum Gasteiger partial charge on any atom is -0.353 e. The molecule has 3 aromatic rings. The summed E-state index contributed by atoms with van der Waals surface area (Å²) in [5.41, 5.74) is 3.95. The summed E-state index contributed by atoms with van der Waals surface area (Å²) in [6, 6.07) is 7.29. The number of aryl methyl sites for hydroxylation is 2. The number of anilines is 4. The summed E-state index contributed by atoms with van der Waals surface area (Å²) in [5, 5.41) is 10.9. The van der Waals surface area contributed by atoms with E-state index in [9.17, 15) is 9.18 Å². The molecule has 0 atom stereocenters. The molecule has 29 heavy (non-hydrogen) atoms. The molecule has 0 unspecified atom stereocenters. The quantitative estimate of drug-likeness (QED) is 0.498. The van der Waals surface area contributed by atoms with Crippen LogP contribution in [0.4, 0.5) is 27.4 Å². The predicted molar refractivity (Wildman–Crippen MR) is 109 cm³/mol. The minimum atomic E-state index is -0.527. The molecule has 0 spiro atoms. The molecule has 0 bridgehead atoms. The van der Waals surface area contributed by atoms with E-state index >= 15 is 0 Å². The molecule has 0 saturated heterocycles. The van der Waals surface area contributed by atoms with Crippen LogP contribution in [0.5, 0.6) is 0 Å². The second-order valence-electron chi connectivity index (χ2n) is 6.11. The topological polar surface area (TPSA) is 93.1 Å². The van der Waals surface area contributed by atoms with E-state index in [0.29, 0.717) is 23.1 Å². The summed E-state index contributed by atoms with van der Waals surface area (Å²) in [6.07, 6.45) is 1.46. The van der Waals surface area contributed by atoms with Crippen molar-refractivity contribution in [1.29, 1.82) is 0 Å². The first-order chi connectivity index (χ1) is 13.9. The van der Waals surface area contributed by atoms with Crippen LogP contribution >= 0.6 is 11.6 Å². The van der Waals surface area contributed by atoms with E-state index in [2.05, 4.69) is 31.0 Å². The Bertz CT molecular complexity index is 1040. The predicted octanol–water partition coefficient (Wildman–Crippen LogP) is 4.18. The van der Waals surface area contributed by atoms with Crippen molar-refractivity contribution in [3.63, 3.8) is 0 Å². The van der Waals surface area contributed by atoms with Crippen molar-refractivity contribution in [3.8, 4) is 0 Å². The van der Waals surface area contributed by atoms with Crippen LogP contribution in [-0.4, -0.2) is 27.8 Å². The standard InChI is InChI=1S/C19H20ClFN6O2/c1-4-27-18(7-11(2)25-27)24-17-9-16(14(20)10-22-17)23-15-8-12(21)5-6-13(15)19(28)26-29-3/h5-10H,4H2,1-3H3,(H,26,28)(H2,22,23,24). The number of benzene rings is 1. The molecule has 8 nitrogen and oxygen atoms in total. The summed E-state index contributed by atoms with van der Waals surface area (Å²) in [6.45, 7) is 4.57. The molecular formula is C19H20ClFN6O2. The highest BCUT2D eigenvalue weighted by Gasteiger charge is 2.15. The van der Waals surface area contributed by atoms with E-state index in [-0.39, 0.29) is 11.3 Å². The van der Waals surface area contributed by atoms with Crippen LogP contribution in [0.1, 0.15) is 23.0 Å². The number of pyridine rings is 1. The maximum Gasteiger partial charge on any atom is 0.276 e. The lowest BCUT2D eigenvalue weighted by molar-refractivity contribution is 0.0538. The van der Waals surface area contributed by atoms with Gasteiger partial charge in [0.25, 0.3) is 5.91 Å². The highest BCUT2D eigenvalue weighted by atomic mass is 35.5. The van der Waals surface area contributed by atoms with Gasteiger partial charge in [-0.15, -0.1) is 0 Å². The lowest BCUT2D eigenvalue weighted by Crippen LogP contribution is -2.22. The summed E-state index contributed by atoms with van der Waals surface area (Å²) in [7, 11) is 1.31. The van der Waals surface area contributed by atoms with Gasteiger partial charge in [-0.1, -0.05) is 11.6 Å². The first kappa shape index (κ1) is 20.6. The van der Waals surface area contributed by atoms with Gasteiger partial charge in [0, 0.05) is 18.7 Å². The number of carbonyl (C=O) groups is 1. The van der Waals surface area contributed by atoms with E-state index in [1.807, 2.05) is 19.9 Å². The number of nitrogens with one attached hydrogen (secondary N) is 3. The van der Waals surface area contributed by atoms with Crippen molar-refractivity contribution < 1.29 is 14.0 Å². The third-order valence-electron chi connectivity index (χ3n) is 4.00. The highest BCUT2D eigenvalue weighted by Crippen LogP contribution is 2.30. The van der Waals surface area contributed by atoms with Crippen molar-refractivity contribution >= 4 is 40.5 Å². The van der Waals surface area contributed by atoms with Crippen molar-refractivity contribution in [2.24, 2.45) is 0 Å². The van der Waals surface area contributed by atoms with Crippen molar-refractivity contribution in [3.05, 3.63) is 58.6 Å². The monoisotopic (exact) mass is 418 g/mol.